The van der Waals surface area contributed by atoms with Crippen LogP contribution in [0.4, 0.5) is 0 Å². The molecule has 116 valence electrons. The predicted octanol–water partition coefficient (Wildman–Crippen LogP) is -4.29. The van der Waals surface area contributed by atoms with Crippen molar-refractivity contribution in [3.05, 3.63) is 30.3 Å². The fourth-order valence-corrected chi connectivity index (χ4v) is 2.34. The van der Waals surface area contributed by atoms with Crippen LogP contribution in [-0.2, 0) is 20.2 Å². The van der Waals surface area contributed by atoms with Crippen molar-refractivity contribution >= 4 is 20.2 Å². The molecule has 0 bridgehead atoms. The Bertz CT molecular complexity index is 573. The van der Waals surface area contributed by atoms with Crippen molar-refractivity contribution in [2.75, 3.05) is 5.75 Å². The Kier molecular flexibility index (Phi) is 18.2. The van der Waals surface area contributed by atoms with E-state index in [9.17, 15) is 25.9 Å². The Hall–Kier alpha value is 1.04. The largest absolute Gasteiger partial charge is 1.00 e. The molecule has 0 aliphatic heterocycles. The van der Waals surface area contributed by atoms with Crippen LogP contribution >= 0.6 is 0 Å². The zero-order valence-electron chi connectivity index (χ0n) is 13.2. The number of benzene rings is 1. The Balaban J connectivity index is -0.000000301. The van der Waals surface area contributed by atoms with Crippen molar-refractivity contribution in [1.82, 2.24) is 0 Å². The van der Waals surface area contributed by atoms with E-state index < -0.39 is 20.2 Å². The van der Waals surface area contributed by atoms with Gasteiger partial charge < -0.3 is 9.11 Å². The van der Waals surface area contributed by atoms with Crippen LogP contribution in [0.15, 0.2) is 35.2 Å². The van der Waals surface area contributed by atoms with Crippen LogP contribution in [0.25, 0.3) is 0 Å². The molecule has 0 atom stereocenters. The van der Waals surface area contributed by atoms with Gasteiger partial charge in [-0.15, -0.1) is 0 Å². The second-order valence-electron chi connectivity index (χ2n) is 4.09. The molecule has 0 aliphatic carbocycles. The molecule has 1 rings (SSSR count). The summed E-state index contributed by atoms with van der Waals surface area (Å²) in [5.74, 6) is -0.201. The molecule has 0 heterocycles. The molecule has 0 saturated carbocycles. The zero-order chi connectivity index (χ0) is 15.6. The Morgan fingerprint density at radius 2 is 1.36 bits per heavy atom. The van der Waals surface area contributed by atoms with Gasteiger partial charge in [-0.2, -0.15) is 0 Å². The van der Waals surface area contributed by atoms with E-state index in [4.69, 9.17) is 0 Å². The normalized spacial score (nSPS) is 10.5. The fourth-order valence-electron chi connectivity index (χ4n) is 1.29. The second-order valence-corrected chi connectivity index (χ2v) is 6.99. The van der Waals surface area contributed by atoms with Gasteiger partial charge in [0, 0.05) is 5.75 Å². The molecule has 6 nitrogen and oxygen atoms in total. The van der Waals surface area contributed by atoms with Crippen molar-refractivity contribution < 1.29 is 85.1 Å². The van der Waals surface area contributed by atoms with Gasteiger partial charge in [-0.25, -0.2) is 16.8 Å². The van der Waals surface area contributed by atoms with Crippen LogP contribution in [0.5, 0.6) is 0 Å². The third-order valence-corrected chi connectivity index (χ3v) is 3.92. The van der Waals surface area contributed by atoms with E-state index in [1.54, 1.807) is 6.07 Å². The first-order chi connectivity index (χ1) is 9.17. The summed E-state index contributed by atoms with van der Waals surface area (Å²) in [5, 5.41) is 0. The molecule has 22 heavy (non-hydrogen) atoms. The summed E-state index contributed by atoms with van der Waals surface area (Å²) in [5.41, 5.74) is 0. The van der Waals surface area contributed by atoms with Gasteiger partial charge in [0.2, 0.25) is 0 Å². The van der Waals surface area contributed by atoms with Gasteiger partial charge in [0.25, 0.3) is 0 Å². The number of unbranched alkanes of at least 4 members (excludes halogenated alkanes) is 3. The van der Waals surface area contributed by atoms with Crippen LogP contribution in [-0.4, -0.2) is 31.7 Å². The van der Waals surface area contributed by atoms with E-state index >= 15 is 0 Å². The third kappa shape index (κ3) is 17.4. The minimum Gasteiger partial charge on any atom is -0.748 e. The molecule has 0 aliphatic rings. The smallest absolute Gasteiger partial charge is 0.748 e. The van der Waals surface area contributed by atoms with Crippen LogP contribution in [0.1, 0.15) is 32.6 Å². The van der Waals surface area contributed by atoms with E-state index in [-0.39, 0.29) is 69.8 Å². The maximum Gasteiger partial charge on any atom is 1.00 e. The van der Waals surface area contributed by atoms with Gasteiger partial charge in [0.05, 0.1) is 15.0 Å². The average Bonchev–Trinajstić information content (AvgIpc) is 2.34. The summed E-state index contributed by atoms with van der Waals surface area (Å²) in [6, 6.07) is 7.19. The Morgan fingerprint density at radius 3 is 1.68 bits per heavy atom. The first-order valence-corrected chi connectivity index (χ1v) is 9.10. The first-order valence-electron chi connectivity index (χ1n) is 6.11. The summed E-state index contributed by atoms with van der Waals surface area (Å²) in [4.78, 5) is -0.185. The Labute approximate surface area is 177 Å². The third-order valence-electron chi connectivity index (χ3n) is 2.28. The van der Waals surface area contributed by atoms with E-state index in [2.05, 4.69) is 0 Å². The van der Waals surface area contributed by atoms with Crippen molar-refractivity contribution in [3.63, 3.8) is 0 Å². The molecule has 0 fully saturated rings. The topological polar surface area (TPSA) is 114 Å². The molecule has 1 aromatic rings. The maximum atomic E-state index is 10.3. The number of hydrogen-bond acceptors (Lipinski definition) is 6. The minimum absolute atomic E-state index is 0. The maximum absolute atomic E-state index is 10.3. The molecule has 0 radical (unpaired) electrons. The van der Waals surface area contributed by atoms with Crippen LogP contribution in [0, 0.1) is 0 Å². The van der Waals surface area contributed by atoms with E-state index in [1.165, 1.54) is 24.3 Å². The average molecular weight is 368 g/mol. The van der Waals surface area contributed by atoms with Crippen molar-refractivity contribution in [1.29, 1.82) is 0 Å². The van der Waals surface area contributed by atoms with Gasteiger partial charge in [-0.3, -0.25) is 0 Å². The fraction of sp³-hybridized carbons (Fsp3) is 0.500. The van der Waals surface area contributed by atoms with Gasteiger partial charge in [0.1, 0.15) is 10.1 Å². The first kappa shape index (κ1) is 27.9. The summed E-state index contributed by atoms with van der Waals surface area (Å²) >= 11 is 0. The summed E-state index contributed by atoms with van der Waals surface area (Å²) < 4.78 is 60.9. The second kappa shape index (κ2) is 14.4. The molecule has 0 spiro atoms. The van der Waals surface area contributed by atoms with Crippen LogP contribution in [0.2, 0.25) is 0 Å². The van der Waals surface area contributed by atoms with Gasteiger partial charge in [-0.05, 0) is 18.6 Å². The van der Waals surface area contributed by atoms with Gasteiger partial charge in [0.15, 0.2) is 0 Å². The molecular weight excluding hydrogens is 350 g/mol. The van der Waals surface area contributed by atoms with E-state index in [0.29, 0.717) is 6.42 Å². The Morgan fingerprint density at radius 1 is 0.864 bits per heavy atom. The summed E-state index contributed by atoms with van der Waals surface area (Å²) in [6.45, 7) is 2.03. The molecule has 0 N–H and O–H groups in total. The minimum atomic E-state index is -4.25. The number of hydrogen-bond donors (Lipinski definition) is 0. The number of rotatable bonds is 6. The summed E-state index contributed by atoms with van der Waals surface area (Å²) in [6.07, 6.45) is 3.42. The molecule has 1 aromatic carbocycles. The van der Waals surface area contributed by atoms with E-state index in [0.717, 1.165) is 19.3 Å². The van der Waals surface area contributed by atoms with Crippen LogP contribution < -0.4 is 59.1 Å². The van der Waals surface area contributed by atoms with Gasteiger partial charge >= 0.3 is 59.1 Å². The van der Waals surface area contributed by atoms with E-state index in [1.807, 2.05) is 6.92 Å². The van der Waals surface area contributed by atoms with Crippen molar-refractivity contribution in [2.45, 2.75) is 37.5 Å². The standard InChI is InChI=1S/C6H6O3S.C6H14O3S.2Na/c7-10(8,9)6-4-2-1-3-5-6;1-2-3-4-5-6-10(7,8)9;;/h1-5H,(H,7,8,9);2-6H2,1H3,(H,7,8,9);;/q;;2*+1/p-2. The molecule has 0 saturated heterocycles. The van der Waals surface area contributed by atoms with Gasteiger partial charge in [-0.1, -0.05) is 44.4 Å². The molecule has 0 unspecified atom stereocenters. The summed E-state index contributed by atoms with van der Waals surface area (Å²) in [7, 11) is -8.21. The quantitative estimate of drug-likeness (QED) is 0.285. The molecular formula is C12H18Na2O6S2. The molecule has 0 amide bonds. The van der Waals surface area contributed by atoms with Crippen molar-refractivity contribution in [3.8, 4) is 0 Å². The van der Waals surface area contributed by atoms with Crippen molar-refractivity contribution in [2.24, 2.45) is 0 Å². The predicted molar refractivity (Wildman–Crippen MR) is 73.1 cm³/mol. The molecule has 0 aromatic heterocycles. The zero-order valence-corrected chi connectivity index (χ0v) is 18.8. The monoisotopic (exact) mass is 368 g/mol. The van der Waals surface area contributed by atoms with Crippen LogP contribution in [0.3, 0.4) is 0 Å². The SMILES string of the molecule is CCCCCCS(=O)(=O)[O-].O=S(=O)([O-])c1ccccc1.[Na+].[Na+]. The molecule has 10 heteroatoms.